The fourth-order valence-electron chi connectivity index (χ4n) is 5.06. The average molecular weight is 657 g/mol. The van der Waals surface area contributed by atoms with E-state index in [1.54, 1.807) is 0 Å². The Balaban J connectivity index is 1.42. The van der Waals surface area contributed by atoms with E-state index in [0.29, 0.717) is 0 Å². The Hall–Kier alpha value is -4.24. The highest BCUT2D eigenvalue weighted by Gasteiger charge is 2.44. The van der Waals surface area contributed by atoms with Gasteiger partial charge < -0.3 is 19.7 Å². The first kappa shape index (κ1) is 32.2. The summed E-state index contributed by atoms with van der Waals surface area (Å²) in [5.41, 5.74) is -2.08. The molecule has 4 heterocycles. The lowest BCUT2D eigenvalue weighted by molar-refractivity contribution is -0.128. The Labute approximate surface area is 256 Å². The van der Waals surface area contributed by atoms with Gasteiger partial charge in [-0.15, -0.1) is 0 Å². The maximum atomic E-state index is 14.9. The topological polar surface area (TPSA) is 111 Å². The number of hydrogen-bond donors (Lipinski definition) is 1. The third-order valence-corrected chi connectivity index (χ3v) is 7.69. The van der Waals surface area contributed by atoms with Crippen LogP contribution in [0.15, 0.2) is 48.8 Å². The molecule has 2 saturated heterocycles. The van der Waals surface area contributed by atoms with E-state index in [9.17, 15) is 40.7 Å². The standard InChI is InChI=1S/C29H23ClF6N4O5/c30-18-9-19(31)17(8-20(18)32)24(15-11-44-12-15)39-27(41)23-7-16(45-29(43)14-2-4-38-22(6-14)26(35)36)10-40(23)28(42)13-1-3-37-21(5-13)25(33)34/h1-6,8-9,15-16,23-26H,7,10-12H2,(H,39,41)/t16-,23?,24-/m1/s1. The summed E-state index contributed by atoms with van der Waals surface area (Å²) in [6.45, 7) is -0.187. The average Bonchev–Trinajstić information content (AvgIpc) is 3.41. The van der Waals surface area contributed by atoms with Gasteiger partial charge in [0.15, 0.2) is 0 Å². The monoisotopic (exact) mass is 656 g/mol. The molecule has 3 aromatic rings. The summed E-state index contributed by atoms with van der Waals surface area (Å²) in [5.74, 6) is -5.08. The number of alkyl halides is 4. The molecule has 0 radical (unpaired) electrons. The molecule has 3 atom stereocenters. The molecule has 16 heteroatoms. The number of nitrogens with one attached hydrogen (secondary N) is 1. The summed E-state index contributed by atoms with van der Waals surface area (Å²) in [4.78, 5) is 48.1. The smallest absolute Gasteiger partial charge is 0.338 e. The molecular formula is C29H23ClF6N4O5. The first-order chi connectivity index (χ1) is 21.4. The van der Waals surface area contributed by atoms with E-state index in [1.165, 1.54) is 0 Å². The van der Waals surface area contributed by atoms with Crippen LogP contribution < -0.4 is 5.32 Å². The number of nitrogens with zero attached hydrogens (tertiary/aromatic N) is 3. The molecule has 1 unspecified atom stereocenters. The first-order valence-corrected chi connectivity index (χ1v) is 13.8. The van der Waals surface area contributed by atoms with Crippen LogP contribution in [0.25, 0.3) is 0 Å². The molecule has 0 spiro atoms. The van der Waals surface area contributed by atoms with Gasteiger partial charge in [0.2, 0.25) is 5.91 Å². The van der Waals surface area contributed by atoms with Crippen LogP contribution in [0, 0.1) is 17.6 Å². The highest BCUT2D eigenvalue weighted by molar-refractivity contribution is 6.30. The number of pyridine rings is 2. The molecule has 2 fully saturated rings. The van der Waals surface area contributed by atoms with E-state index < -0.39 is 82.8 Å². The Morgan fingerprint density at radius 2 is 1.56 bits per heavy atom. The summed E-state index contributed by atoms with van der Waals surface area (Å²) in [5, 5.41) is 2.16. The molecular weight excluding hydrogens is 634 g/mol. The Bertz CT molecular complexity index is 1610. The zero-order valence-corrected chi connectivity index (χ0v) is 23.7. The zero-order chi connectivity index (χ0) is 32.4. The van der Waals surface area contributed by atoms with Gasteiger partial charge in [-0.3, -0.25) is 19.6 Å². The van der Waals surface area contributed by atoms with Crippen molar-refractivity contribution in [2.45, 2.75) is 37.5 Å². The molecule has 1 aromatic carbocycles. The van der Waals surface area contributed by atoms with Crippen molar-refractivity contribution in [3.63, 3.8) is 0 Å². The van der Waals surface area contributed by atoms with Gasteiger partial charge in [-0.1, -0.05) is 11.6 Å². The number of carbonyl (C=O) groups is 3. The number of ether oxygens (including phenoxy) is 2. The number of esters is 1. The van der Waals surface area contributed by atoms with Gasteiger partial charge in [-0.25, -0.2) is 31.1 Å². The van der Waals surface area contributed by atoms with Crippen molar-refractivity contribution < 1.29 is 50.2 Å². The van der Waals surface area contributed by atoms with Crippen LogP contribution in [0.1, 0.15) is 63.0 Å². The SMILES string of the molecule is O=C(O[C@@H]1CC(C(=O)N[C@@H](c2cc(F)c(Cl)cc2F)C2COC2)N(C(=O)c2ccnc(C(F)F)c2)C1)c1ccnc(C(F)F)c1. The fourth-order valence-corrected chi connectivity index (χ4v) is 5.21. The van der Waals surface area contributed by atoms with Crippen LogP contribution >= 0.6 is 11.6 Å². The summed E-state index contributed by atoms with van der Waals surface area (Å²) in [7, 11) is 0. The van der Waals surface area contributed by atoms with Gasteiger partial charge in [0.1, 0.15) is 35.2 Å². The lowest BCUT2D eigenvalue weighted by Crippen LogP contribution is -2.50. The predicted molar refractivity (Wildman–Crippen MR) is 144 cm³/mol. The number of likely N-dealkylation sites (tertiary alicyclic amines) is 1. The molecule has 2 aliphatic rings. The van der Waals surface area contributed by atoms with Crippen molar-refractivity contribution in [1.82, 2.24) is 20.2 Å². The van der Waals surface area contributed by atoms with Gasteiger partial charge in [-0.2, -0.15) is 0 Å². The number of aromatic nitrogens is 2. The minimum atomic E-state index is -3.00. The number of halogens is 7. The molecule has 2 amide bonds. The molecule has 2 aliphatic heterocycles. The van der Waals surface area contributed by atoms with Crippen molar-refractivity contribution in [2.24, 2.45) is 5.92 Å². The molecule has 45 heavy (non-hydrogen) atoms. The quantitative estimate of drug-likeness (QED) is 0.191. The van der Waals surface area contributed by atoms with Crippen LogP contribution in [-0.4, -0.2) is 64.6 Å². The minimum absolute atomic E-state index is 0.0993. The highest BCUT2D eigenvalue weighted by atomic mass is 35.5. The number of benzene rings is 1. The molecule has 2 aromatic heterocycles. The van der Waals surface area contributed by atoms with Crippen molar-refractivity contribution in [3.05, 3.63) is 93.5 Å². The van der Waals surface area contributed by atoms with E-state index in [0.717, 1.165) is 53.7 Å². The number of hydrogen-bond acceptors (Lipinski definition) is 7. The Morgan fingerprint density at radius 3 is 2.16 bits per heavy atom. The van der Waals surface area contributed by atoms with Crippen LogP contribution in [0.2, 0.25) is 5.02 Å². The maximum Gasteiger partial charge on any atom is 0.338 e. The minimum Gasteiger partial charge on any atom is -0.457 e. The first-order valence-electron chi connectivity index (χ1n) is 13.5. The highest BCUT2D eigenvalue weighted by Crippen LogP contribution is 2.34. The van der Waals surface area contributed by atoms with Crippen molar-refractivity contribution >= 4 is 29.4 Å². The van der Waals surface area contributed by atoms with E-state index in [4.69, 9.17) is 21.1 Å². The fraction of sp³-hybridized carbons (Fsp3) is 0.345. The third kappa shape index (κ3) is 7.04. The van der Waals surface area contributed by atoms with Gasteiger partial charge >= 0.3 is 5.97 Å². The molecule has 0 aliphatic carbocycles. The van der Waals surface area contributed by atoms with E-state index in [2.05, 4.69) is 15.3 Å². The second kappa shape index (κ2) is 13.4. The maximum absolute atomic E-state index is 14.9. The Morgan fingerprint density at radius 1 is 0.933 bits per heavy atom. The molecule has 0 saturated carbocycles. The second-order valence-corrected chi connectivity index (χ2v) is 10.8. The predicted octanol–water partition coefficient (Wildman–Crippen LogP) is 5.23. The van der Waals surface area contributed by atoms with Crippen molar-refractivity contribution in [2.75, 3.05) is 19.8 Å². The van der Waals surface area contributed by atoms with E-state index >= 15 is 0 Å². The van der Waals surface area contributed by atoms with E-state index in [-0.39, 0.29) is 42.9 Å². The Kier molecular flexibility index (Phi) is 9.58. The van der Waals surface area contributed by atoms with Crippen LogP contribution in [0.3, 0.4) is 0 Å². The van der Waals surface area contributed by atoms with Gasteiger partial charge in [0, 0.05) is 35.9 Å². The van der Waals surface area contributed by atoms with E-state index in [1.807, 2.05) is 0 Å². The third-order valence-electron chi connectivity index (χ3n) is 7.40. The van der Waals surface area contributed by atoms with Crippen molar-refractivity contribution in [1.29, 1.82) is 0 Å². The summed E-state index contributed by atoms with van der Waals surface area (Å²) >= 11 is 5.69. The number of amides is 2. The second-order valence-electron chi connectivity index (χ2n) is 10.3. The molecule has 0 bridgehead atoms. The van der Waals surface area contributed by atoms with Gasteiger partial charge in [0.05, 0.1) is 36.4 Å². The lowest BCUT2D eigenvalue weighted by atomic mass is 9.90. The summed E-state index contributed by atoms with van der Waals surface area (Å²) in [6.07, 6.45) is -5.42. The van der Waals surface area contributed by atoms with Crippen LogP contribution in [0.4, 0.5) is 26.3 Å². The molecule has 238 valence electrons. The summed E-state index contributed by atoms with van der Waals surface area (Å²) in [6, 6.07) is 3.09. The number of carbonyl (C=O) groups excluding carboxylic acids is 3. The summed E-state index contributed by atoms with van der Waals surface area (Å²) < 4.78 is 92.7. The largest absolute Gasteiger partial charge is 0.457 e. The van der Waals surface area contributed by atoms with Crippen molar-refractivity contribution in [3.8, 4) is 0 Å². The van der Waals surface area contributed by atoms with Gasteiger partial charge in [0.25, 0.3) is 18.8 Å². The lowest BCUT2D eigenvalue weighted by Gasteiger charge is -2.36. The van der Waals surface area contributed by atoms with Gasteiger partial charge in [-0.05, 0) is 36.4 Å². The molecule has 1 N–H and O–H groups in total. The van der Waals surface area contributed by atoms with Crippen LogP contribution in [-0.2, 0) is 14.3 Å². The van der Waals surface area contributed by atoms with Crippen LogP contribution in [0.5, 0.6) is 0 Å². The zero-order valence-electron chi connectivity index (χ0n) is 22.9. The normalized spacial score (nSPS) is 19.0. The number of rotatable bonds is 9. The molecule has 9 nitrogen and oxygen atoms in total. The molecule has 5 rings (SSSR count).